The highest BCUT2D eigenvalue weighted by atomic mass is 127. The number of ether oxygens (including phenoxy) is 1. The smallest absolute Gasteiger partial charge is 0.191 e. The highest BCUT2D eigenvalue weighted by Gasteiger charge is 2.15. The first-order chi connectivity index (χ1) is 10.1. The molecule has 8 heteroatoms. The van der Waals surface area contributed by atoms with Gasteiger partial charge in [-0.15, -0.1) is 24.0 Å². The van der Waals surface area contributed by atoms with E-state index in [0.717, 1.165) is 19.0 Å². The summed E-state index contributed by atoms with van der Waals surface area (Å²) in [6.07, 6.45) is 3.93. The molecule has 7 nitrogen and oxygen atoms in total. The zero-order chi connectivity index (χ0) is 15.7. The predicted molar refractivity (Wildman–Crippen MR) is 101 cm³/mol. The first-order valence-corrected chi connectivity index (χ1v) is 7.24. The Morgan fingerprint density at radius 3 is 2.68 bits per heavy atom. The van der Waals surface area contributed by atoms with Crippen LogP contribution in [0.25, 0.3) is 0 Å². The van der Waals surface area contributed by atoms with Crippen molar-refractivity contribution in [2.75, 3.05) is 47.4 Å². The lowest BCUT2D eigenvalue weighted by Gasteiger charge is -2.22. The van der Waals surface area contributed by atoms with Crippen LogP contribution >= 0.6 is 24.0 Å². The Hall–Kier alpha value is -0.870. The number of aromatic nitrogens is 2. The van der Waals surface area contributed by atoms with Gasteiger partial charge in [0.25, 0.3) is 0 Å². The van der Waals surface area contributed by atoms with Gasteiger partial charge in [-0.25, -0.2) is 0 Å². The molecule has 1 rings (SSSR count). The van der Waals surface area contributed by atoms with Crippen molar-refractivity contribution in [3.05, 3.63) is 18.0 Å². The molecule has 0 spiro atoms. The van der Waals surface area contributed by atoms with Gasteiger partial charge >= 0.3 is 0 Å². The maximum absolute atomic E-state index is 5.04. The second kappa shape index (κ2) is 11.7. The van der Waals surface area contributed by atoms with Crippen LogP contribution in [-0.2, 0) is 11.8 Å². The summed E-state index contributed by atoms with van der Waals surface area (Å²) in [4.78, 5) is 6.80. The van der Waals surface area contributed by atoms with Gasteiger partial charge in [0.15, 0.2) is 5.96 Å². The number of hydrogen-bond acceptors (Lipinski definition) is 4. The molecule has 0 aliphatic rings. The van der Waals surface area contributed by atoms with Crippen molar-refractivity contribution in [1.29, 1.82) is 0 Å². The molecule has 2 N–H and O–H groups in total. The molecular weight excluding hydrogens is 395 g/mol. The molecule has 0 saturated heterocycles. The number of hydrogen-bond donors (Lipinski definition) is 2. The minimum atomic E-state index is 0. The molecule has 1 heterocycles. The Balaban J connectivity index is 0.00000441. The van der Waals surface area contributed by atoms with E-state index in [1.54, 1.807) is 7.11 Å². The molecule has 1 unspecified atom stereocenters. The second-order valence-corrected chi connectivity index (χ2v) is 5.07. The van der Waals surface area contributed by atoms with Crippen LogP contribution in [0.3, 0.4) is 0 Å². The minimum absolute atomic E-state index is 0. The first-order valence-electron chi connectivity index (χ1n) is 7.24. The Kier molecular flexibility index (Phi) is 11.2. The maximum Gasteiger partial charge on any atom is 0.191 e. The number of nitrogens with one attached hydrogen (secondary N) is 2. The Morgan fingerprint density at radius 1 is 1.45 bits per heavy atom. The largest absolute Gasteiger partial charge is 0.383 e. The number of guanidine groups is 1. The SMILES string of the molecule is CCNC(=NCC(c1cnn(C)c1)N(C)C)NCCOC.I. The minimum Gasteiger partial charge on any atom is -0.383 e. The zero-order valence-electron chi connectivity index (χ0n) is 14.2. The standard InChI is InChI=1S/C14H28N6O.HI/c1-6-15-14(16-7-8-21-5)17-10-13(19(2)3)12-9-18-20(4)11-12;/h9,11,13H,6-8,10H2,1-5H3,(H2,15,16,17);1H. The molecule has 0 saturated carbocycles. The van der Waals surface area contributed by atoms with Crippen LogP contribution in [0.2, 0.25) is 0 Å². The van der Waals surface area contributed by atoms with Crippen molar-refractivity contribution in [2.24, 2.45) is 12.0 Å². The average molecular weight is 424 g/mol. The van der Waals surface area contributed by atoms with Gasteiger partial charge in [0, 0.05) is 39.0 Å². The lowest BCUT2D eigenvalue weighted by molar-refractivity contribution is 0.203. The number of likely N-dealkylation sites (N-methyl/N-ethyl adjacent to an activating group) is 1. The quantitative estimate of drug-likeness (QED) is 0.280. The number of halogens is 1. The molecule has 128 valence electrons. The van der Waals surface area contributed by atoms with Crippen LogP contribution < -0.4 is 10.6 Å². The molecule has 0 radical (unpaired) electrons. The summed E-state index contributed by atoms with van der Waals surface area (Å²) in [5, 5.41) is 10.7. The van der Waals surface area contributed by atoms with Crippen LogP contribution in [0.4, 0.5) is 0 Å². The molecule has 0 aromatic carbocycles. The van der Waals surface area contributed by atoms with Crippen LogP contribution in [0, 0.1) is 0 Å². The monoisotopic (exact) mass is 424 g/mol. The molecule has 22 heavy (non-hydrogen) atoms. The Bertz CT molecular complexity index is 435. The van der Waals surface area contributed by atoms with E-state index in [1.807, 2.05) is 24.1 Å². The number of rotatable bonds is 8. The van der Waals surface area contributed by atoms with Gasteiger partial charge in [0.1, 0.15) is 0 Å². The topological polar surface area (TPSA) is 66.7 Å². The highest BCUT2D eigenvalue weighted by molar-refractivity contribution is 14.0. The van der Waals surface area contributed by atoms with Crippen molar-refractivity contribution in [3.63, 3.8) is 0 Å². The summed E-state index contributed by atoms with van der Waals surface area (Å²) in [6.45, 7) is 4.95. The molecule has 0 bridgehead atoms. The van der Waals surface area contributed by atoms with Gasteiger partial charge in [-0.3, -0.25) is 9.67 Å². The summed E-state index contributed by atoms with van der Waals surface area (Å²) < 4.78 is 6.86. The molecule has 0 aliphatic carbocycles. The van der Waals surface area contributed by atoms with Crippen LogP contribution in [0.15, 0.2) is 17.4 Å². The van der Waals surface area contributed by atoms with Gasteiger partial charge in [-0.1, -0.05) is 0 Å². The molecular formula is C14H29IN6O. The molecule has 1 atom stereocenters. The highest BCUT2D eigenvalue weighted by Crippen LogP contribution is 2.17. The Morgan fingerprint density at radius 2 is 2.18 bits per heavy atom. The van der Waals surface area contributed by atoms with E-state index in [2.05, 4.69) is 46.6 Å². The summed E-state index contributed by atoms with van der Waals surface area (Å²) in [5.41, 5.74) is 1.17. The van der Waals surface area contributed by atoms with Crippen LogP contribution in [0.1, 0.15) is 18.5 Å². The van der Waals surface area contributed by atoms with Gasteiger partial charge in [-0.2, -0.15) is 5.10 Å². The fourth-order valence-corrected chi connectivity index (χ4v) is 1.97. The van der Waals surface area contributed by atoms with Gasteiger partial charge < -0.3 is 20.3 Å². The van der Waals surface area contributed by atoms with E-state index in [0.29, 0.717) is 13.2 Å². The van der Waals surface area contributed by atoms with E-state index in [9.17, 15) is 0 Å². The number of aryl methyl sites for hydroxylation is 1. The summed E-state index contributed by atoms with van der Waals surface area (Å²) in [6, 6.07) is 0.205. The third kappa shape index (κ3) is 7.41. The normalized spacial score (nSPS) is 12.9. The molecule has 0 amide bonds. The third-order valence-electron chi connectivity index (χ3n) is 3.10. The van der Waals surface area contributed by atoms with Crippen LogP contribution in [0.5, 0.6) is 0 Å². The third-order valence-corrected chi connectivity index (χ3v) is 3.10. The van der Waals surface area contributed by atoms with E-state index < -0.39 is 0 Å². The zero-order valence-corrected chi connectivity index (χ0v) is 16.5. The lowest BCUT2D eigenvalue weighted by atomic mass is 10.1. The fourth-order valence-electron chi connectivity index (χ4n) is 1.97. The van der Waals surface area contributed by atoms with Crippen LogP contribution in [-0.4, -0.2) is 68.1 Å². The van der Waals surface area contributed by atoms with Gasteiger partial charge in [0.05, 0.1) is 25.4 Å². The summed E-state index contributed by atoms with van der Waals surface area (Å²) >= 11 is 0. The summed E-state index contributed by atoms with van der Waals surface area (Å²) in [7, 11) is 7.73. The lowest BCUT2D eigenvalue weighted by Crippen LogP contribution is -2.39. The van der Waals surface area contributed by atoms with Crippen molar-refractivity contribution in [1.82, 2.24) is 25.3 Å². The van der Waals surface area contributed by atoms with Gasteiger partial charge in [0.2, 0.25) is 0 Å². The van der Waals surface area contributed by atoms with E-state index in [4.69, 9.17) is 4.74 Å². The number of methoxy groups -OCH3 is 1. The van der Waals surface area contributed by atoms with E-state index >= 15 is 0 Å². The number of nitrogens with zero attached hydrogens (tertiary/aromatic N) is 4. The first kappa shape index (κ1) is 21.1. The molecule has 0 fully saturated rings. The molecule has 1 aromatic rings. The van der Waals surface area contributed by atoms with Crippen molar-refractivity contribution >= 4 is 29.9 Å². The van der Waals surface area contributed by atoms with Crippen molar-refractivity contribution < 1.29 is 4.74 Å². The van der Waals surface area contributed by atoms with Gasteiger partial charge in [-0.05, 0) is 21.0 Å². The Labute approximate surface area is 150 Å². The summed E-state index contributed by atoms with van der Waals surface area (Å²) in [5.74, 6) is 0.810. The van der Waals surface area contributed by atoms with Crippen molar-refractivity contribution in [2.45, 2.75) is 13.0 Å². The van der Waals surface area contributed by atoms with E-state index in [-0.39, 0.29) is 30.0 Å². The predicted octanol–water partition coefficient (Wildman–Crippen LogP) is 0.842. The second-order valence-electron chi connectivity index (χ2n) is 5.07. The fraction of sp³-hybridized carbons (Fsp3) is 0.714. The maximum atomic E-state index is 5.04. The average Bonchev–Trinajstić information content (AvgIpc) is 2.85. The van der Waals surface area contributed by atoms with Crippen molar-refractivity contribution in [3.8, 4) is 0 Å². The molecule has 1 aromatic heterocycles. The number of aliphatic imine (C=N–C) groups is 1. The molecule has 0 aliphatic heterocycles. The van der Waals surface area contributed by atoms with E-state index in [1.165, 1.54) is 5.56 Å².